The highest BCUT2D eigenvalue weighted by atomic mass is 16.4. The van der Waals surface area contributed by atoms with Gasteiger partial charge in [-0.25, -0.2) is 4.79 Å². The van der Waals surface area contributed by atoms with Crippen molar-refractivity contribution in [3.63, 3.8) is 0 Å². The zero-order chi connectivity index (χ0) is 25.5. The van der Waals surface area contributed by atoms with Gasteiger partial charge in [-0.1, -0.05) is 30.3 Å². The summed E-state index contributed by atoms with van der Waals surface area (Å²) in [6.45, 7) is 0.0438. The van der Waals surface area contributed by atoms with E-state index in [9.17, 15) is 29.1 Å². The standard InChI is InChI=1S/C22H34N6O6/c23-11-5-4-8-16(22(33)34)28-20(31)15(9-10-18(25)29)27-21(32)17(26-19(30)13-24)12-14-6-2-1-3-7-14/h1-3,6-7,15-17H,4-5,8-13,23-24H2,(H2,25,29)(H,26,30)(H,27,32)(H,28,31)(H,33,34). The van der Waals surface area contributed by atoms with Crippen LogP contribution < -0.4 is 33.2 Å². The minimum Gasteiger partial charge on any atom is -0.480 e. The van der Waals surface area contributed by atoms with E-state index < -0.39 is 47.7 Å². The Bertz CT molecular complexity index is 834. The van der Waals surface area contributed by atoms with Gasteiger partial charge in [0.2, 0.25) is 23.6 Å². The van der Waals surface area contributed by atoms with Gasteiger partial charge in [-0.2, -0.15) is 0 Å². The van der Waals surface area contributed by atoms with Gasteiger partial charge in [0, 0.05) is 12.8 Å². The molecule has 0 aliphatic carbocycles. The number of benzene rings is 1. The summed E-state index contributed by atoms with van der Waals surface area (Å²) in [7, 11) is 0. The molecule has 3 atom stereocenters. The number of nitrogens with one attached hydrogen (secondary N) is 3. The molecule has 0 saturated carbocycles. The lowest BCUT2D eigenvalue weighted by molar-refractivity contribution is -0.142. The number of carbonyl (C=O) groups is 5. The maximum absolute atomic E-state index is 13.0. The summed E-state index contributed by atoms with van der Waals surface area (Å²) in [4.78, 5) is 60.5. The van der Waals surface area contributed by atoms with Crippen LogP contribution in [-0.2, 0) is 30.4 Å². The Hall–Kier alpha value is -3.51. The van der Waals surface area contributed by atoms with E-state index in [0.717, 1.165) is 5.56 Å². The van der Waals surface area contributed by atoms with Crippen LogP contribution >= 0.6 is 0 Å². The molecular formula is C22H34N6O6. The number of primary amides is 1. The number of hydrogen-bond acceptors (Lipinski definition) is 7. The van der Waals surface area contributed by atoms with Crippen molar-refractivity contribution in [1.82, 2.24) is 16.0 Å². The van der Waals surface area contributed by atoms with E-state index in [1.807, 2.05) is 0 Å². The Morgan fingerprint density at radius 3 is 2.00 bits per heavy atom. The number of carboxylic acid groups (broad SMARTS) is 1. The van der Waals surface area contributed by atoms with Crippen molar-refractivity contribution in [2.24, 2.45) is 17.2 Å². The van der Waals surface area contributed by atoms with Crippen LogP contribution in [0, 0.1) is 0 Å². The lowest BCUT2D eigenvalue weighted by Crippen LogP contribution is -2.56. The topological polar surface area (TPSA) is 220 Å². The highest BCUT2D eigenvalue weighted by Crippen LogP contribution is 2.07. The number of carboxylic acids is 1. The molecule has 3 unspecified atom stereocenters. The highest BCUT2D eigenvalue weighted by Gasteiger charge is 2.29. The number of aliphatic carboxylic acids is 1. The third-order valence-corrected chi connectivity index (χ3v) is 4.99. The molecule has 1 aromatic carbocycles. The van der Waals surface area contributed by atoms with Crippen molar-refractivity contribution in [3.05, 3.63) is 35.9 Å². The van der Waals surface area contributed by atoms with Crippen LogP contribution in [0.1, 0.15) is 37.7 Å². The minimum atomic E-state index is -1.25. The first-order chi connectivity index (χ1) is 16.2. The van der Waals surface area contributed by atoms with Crippen molar-refractivity contribution >= 4 is 29.6 Å². The third-order valence-electron chi connectivity index (χ3n) is 4.99. The molecule has 0 heterocycles. The Kier molecular flexibility index (Phi) is 12.9. The average Bonchev–Trinajstić information content (AvgIpc) is 2.80. The van der Waals surface area contributed by atoms with Crippen molar-refractivity contribution in [2.45, 2.75) is 56.7 Å². The number of nitrogens with two attached hydrogens (primary N) is 3. The van der Waals surface area contributed by atoms with E-state index in [1.54, 1.807) is 30.3 Å². The first kappa shape index (κ1) is 28.5. The number of unbranched alkanes of at least 4 members (excludes halogenated alkanes) is 1. The molecule has 0 spiro atoms. The van der Waals surface area contributed by atoms with Crippen LogP contribution in [0.3, 0.4) is 0 Å². The minimum absolute atomic E-state index is 0.124. The monoisotopic (exact) mass is 478 g/mol. The second-order valence-corrected chi connectivity index (χ2v) is 7.76. The van der Waals surface area contributed by atoms with Crippen molar-refractivity contribution in [1.29, 1.82) is 0 Å². The Morgan fingerprint density at radius 1 is 0.824 bits per heavy atom. The molecule has 1 rings (SSSR count). The Balaban J connectivity index is 3.00. The molecule has 0 bridgehead atoms. The maximum Gasteiger partial charge on any atom is 0.326 e. The third kappa shape index (κ3) is 10.9. The van der Waals surface area contributed by atoms with Gasteiger partial charge in [-0.15, -0.1) is 0 Å². The summed E-state index contributed by atoms with van der Waals surface area (Å²) in [5.74, 6) is -3.96. The lowest BCUT2D eigenvalue weighted by atomic mass is 10.0. The fourth-order valence-corrected chi connectivity index (χ4v) is 3.16. The maximum atomic E-state index is 13.0. The van der Waals surface area contributed by atoms with Crippen molar-refractivity contribution < 1.29 is 29.1 Å². The summed E-state index contributed by atoms with van der Waals surface area (Å²) in [5, 5.41) is 16.8. The van der Waals surface area contributed by atoms with Crippen LogP contribution in [0.5, 0.6) is 0 Å². The molecule has 0 aromatic heterocycles. The van der Waals surface area contributed by atoms with E-state index in [-0.39, 0.29) is 32.2 Å². The van der Waals surface area contributed by atoms with E-state index in [2.05, 4.69) is 16.0 Å². The number of rotatable bonds is 16. The van der Waals surface area contributed by atoms with Crippen LogP contribution in [0.25, 0.3) is 0 Å². The highest BCUT2D eigenvalue weighted by molar-refractivity contribution is 5.94. The zero-order valence-electron chi connectivity index (χ0n) is 19.0. The predicted molar refractivity (Wildman–Crippen MR) is 124 cm³/mol. The molecule has 1 aromatic rings. The molecular weight excluding hydrogens is 444 g/mol. The molecule has 0 aliphatic heterocycles. The second kappa shape index (κ2) is 15.3. The summed E-state index contributed by atoms with van der Waals surface area (Å²) in [6, 6.07) is 5.39. The quantitative estimate of drug-likeness (QED) is 0.133. The van der Waals surface area contributed by atoms with Crippen molar-refractivity contribution in [3.8, 4) is 0 Å². The summed E-state index contributed by atoms with van der Waals surface area (Å²) >= 11 is 0. The molecule has 0 saturated heterocycles. The fourth-order valence-electron chi connectivity index (χ4n) is 3.16. The molecule has 188 valence electrons. The van der Waals surface area contributed by atoms with Crippen LogP contribution in [-0.4, -0.2) is 65.9 Å². The summed E-state index contributed by atoms with van der Waals surface area (Å²) in [5.41, 5.74) is 16.7. The molecule has 12 nitrogen and oxygen atoms in total. The number of carbonyl (C=O) groups excluding carboxylic acids is 4. The Morgan fingerprint density at radius 2 is 1.44 bits per heavy atom. The van der Waals surface area contributed by atoms with Crippen molar-refractivity contribution in [2.75, 3.05) is 13.1 Å². The second-order valence-electron chi connectivity index (χ2n) is 7.76. The average molecular weight is 479 g/mol. The molecule has 34 heavy (non-hydrogen) atoms. The van der Waals surface area contributed by atoms with Gasteiger partial charge in [0.1, 0.15) is 18.1 Å². The SMILES string of the molecule is NCCCCC(NC(=O)C(CCC(N)=O)NC(=O)C(Cc1ccccc1)NC(=O)CN)C(=O)O. The predicted octanol–water partition coefficient (Wildman–Crippen LogP) is -1.88. The summed E-state index contributed by atoms with van der Waals surface area (Å²) < 4.78 is 0. The molecule has 12 heteroatoms. The van der Waals surface area contributed by atoms with Crippen LogP contribution in [0.4, 0.5) is 0 Å². The van der Waals surface area contributed by atoms with Crippen LogP contribution in [0.15, 0.2) is 30.3 Å². The van der Waals surface area contributed by atoms with Gasteiger partial charge in [0.25, 0.3) is 0 Å². The van der Waals surface area contributed by atoms with Gasteiger partial charge in [0.05, 0.1) is 6.54 Å². The largest absolute Gasteiger partial charge is 0.480 e. The van der Waals surface area contributed by atoms with E-state index in [4.69, 9.17) is 17.2 Å². The van der Waals surface area contributed by atoms with Crippen LogP contribution in [0.2, 0.25) is 0 Å². The molecule has 10 N–H and O–H groups in total. The lowest BCUT2D eigenvalue weighted by Gasteiger charge is -2.24. The molecule has 0 aliphatic rings. The fraction of sp³-hybridized carbons (Fsp3) is 0.500. The first-order valence-electron chi connectivity index (χ1n) is 11.0. The molecule has 0 radical (unpaired) electrons. The molecule has 0 fully saturated rings. The van der Waals surface area contributed by atoms with Gasteiger partial charge >= 0.3 is 5.97 Å². The van der Waals surface area contributed by atoms with Gasteiger partial charge < -0.3 is 38.3 Å². The zero-order valence-corrected chi connectivity index (χ0v) is 19.0. The molecule has 4 amide bonds. The van der Waals surface area contributed by atoms with E-state index >= 15 is 0 Å². The van der Waals surface area contributed by atoms with E-state index in [0.29, 0.717) is 19.4 Å². The van der Waals surface area contributed by atoms with Gasteiger partial charge in [0.15, 0.2) is 0 Å². The first-order valence-corrected chi connectivity index (χ1v) is 11.0. The van der Waals surface area contributed by atoms with Gasteiger partial charge in [-0.3, -0.25) is 19.2 Å². The smallest absolute Gasteiger partial charge is 0.326 e. The summed E-state index contributed by atoms with van der Waals surface area (Å²) in [6.07, 6.45) is 0.976. The normalized spacial score (nSPS) is 13.2. The number of hydrogen-bond donors (Lipinski definition) is 7. The Labute approximate surface area is 198 Å². The van der Waals surface area contributed by atoms with E-state index in [1.165, 1.54) is 0 Å². The number of amides is 4. The van der Waals surface area contributed by atoms with Gasteiger partial charge in [-0.05, 0) is 37.8 Å².